The van der Waals surface area contributed by atoms with Gasteiger partial charge >= 0.3 is 5.97 Å². The Morgan fingerprint density at radius 2 is 1.36 bits per heavy atom. The fourth-order valence-corrected chi connectivity index (χ4v) is 5.33. The van der Waals surface area contributed by atoms with Gasteiger partial charge in [0, 0.05) is 16.6 Å². The second-order valence-corrected chi connectivity index (χ2v) is 10.9. The van der Waals surface area contributed by atoms with Crippen LogP contribution in [0.1, 0.15) is 111 Å². The maximum atomic E-state index is 12.5. The number of thiophene rings is 1. The van der Waals surface area contributed by atoms with E-state index in [1.54, 1.807) is 0 Å². The molecule has 36 heavy (non-hydrogen) atoms. The van der Waals surface area contributed by atoms with Gasteiger partial charge in [0.2, 0.25) is 0 Å². The highest BCUT2D eigenvalue weighted by Gasteiger charge is 2.12. The zero-order chi connectivity index (χ0) is 25.4. The Bertz CT molecular complexity index is 1010. The molecular weight excluding hydrogens is 462 g/mol. The second kappa shape index (κ2) is 16.3. The predicted molar refractivity (Wildman–Crippen MR) is 153 cm³/mol. The SMILES string of the molecule is CCCCCCCCCCCc1ccc(-c2ccc(OC(=O)c3ccc(CCCCC)s3)cc2)nc1. The van der Waals surface area contributed by atoms with Gasteiger partial charge < -0.3 is 4.74 Å². The highest BCUT2D eigenvalue weighted by molar-refractivity contribution is 7.13. The smallest absolute Gasteiger partial charge is 0.353 e. The van der Waals surface area contributed by atoms with Crippen LogP contribution in [-0.2, 0) is 12.8 Å². The van der Waals surface area contributed by atoms with Gasteiger partial charge in [-0.1, -0.05) is 84.1 Å². The molecule has 0 radical (unpaired) electrons. The number of carbonyl (C=O) groups excluding carboxylic acids is 1. The van der Waals surface area contributed by atoms with Crippen molar-refractivity contribution in [3.8, 4) is 17.0 Å². The number of hydrogen-bond donors (Lipinski definition) is 0. The summed E-state index contributed by atoms with van der Waals surface area (Å²) in [5.41, 5.74) is 3.27. The number of carbonyl (C=O) groups is 1. The summed E-state index contributed by atoms with van der Waals surface area (Å²) in [6.45, 7) is 4.47. The Morgan fingerprint density at radius 1 is 0.722 bits per heavy atom. The van der Waals surface area contributed by atoms with Crippen LogP contribution in [0.5, 0.6) is 5.75 Å². The first kappa shape index (κ1) is 28.1. The van der Waals surface area contributed by atoms with Crippen LogP contribution in [0.25, 0.3) is 11.3 Å². The van der Waals surface area contributed by atoms with Crippen molar-refractivity contribution in [1.82, 2.24) is 4.98 Å². The number of nitrogens with zero attached hydrogens (tertiary/aromatic N) is 1. The number of pyridine rings is 1. The molecule has 2 heterocycles. The summed E-state index contributed by atoms with van der Waals surface area (Å²) >= 11 is 1.54. The first-order valence-corrected chi connectivity index (χ1v) is 14.9. The zero-order valence-electron chi connectivity index (χ0n) is 22.3. The van der Waals surface area contributed by atoms with Crippen molar-refractivity contribution in [2.75, 3.05) is 0 Å². The van der Waals surface area contributed by atoms with Gasteiger partial charge in [-0.15, -0.1) is 11.3 Å². The fourth-order valence-electron chi connectivity index (χ4n) is 4.41. The first-order chi connectivity index (χ1) is 17.7. The largest absolute Gasteiger partial charge is 0.422 e. The Labute approximate surface area is 222 Å². The average Bonchev–Trinajstić information content (AvgIpc) is 3.38. The standard InChI is InChI=1S/C32H43NO2S/c1-3-5-7-8-9-10-11-12-14-15-26-17-23-30(33-25-26)27-18-20-28(21-19-27)35-32(34)31-24-22-29(36-31)16-13-6-4-2/h17-25H,3-16H2,1-2H3. The Balaban J connectivity index is 1.40. The van der Waals surface area contributed by atoms with E-state index >= 15 is 0 Å². The molecule has 0 saturated carbocycles. The summed E-state index contributed by atoms with van der Waals surface area (Å²) in [6, 6.07) is 15.8. The molecule has 0 amide bonds. The lowest BCUT2D eigenvalue weighted by Crippen LogP contribution is -2.06. The van der Waals surface area contributed by atoms with Crippen molar-refractivity contribution >= 4 is 17.3 Å². The van der Waals surface area contributed by atoms with Gasteiger partial charge in [-0.05, 0) is 73.7 Å². The summed E-state index contributed by atoms with van der Waals surface area (Å²) in [7, 11) is 0. The Hall–Kier alpha value is -2.46. The monoisotopic (exact) mass is 505 g/mol. The van der Waals surface area contributed by atoms with E-state index in [0.29, 0.717) is 10.6 Å². The minimum absolute atomic E-state index is 0.284. The molecule has 3 rings (SSSR count). The van der Waals surface area contributed by atoms with Gasteiger partial charge in [0.05, 0.1) is 5.69 Å². The molecule has 0 spiro atoms. The third-order valence-corrected chi connectivity index (χ3v) is 7.77. The number of ether oxygens (including phenoxy) is 1. The molecule has 0 fully saturated rings. The molecule has 2 aromatic heterocycles. The van der Waals surface area contributed by atoms with E-state index in [9.17, 15) is 4.79 Å². The van der Waals surface area contributed by atoms with E-state index in [-0.39, 0.29) is 5.97 Å². The Kier molecular flexibility index (Phi) is 12.7. The van der Waals surface area contributed by atoms with Gasteiger partial charge in [0.25, 0.3) is 0 Å². The lowest BCUT2D eigenvalue weighted by Gasteiger charge is -2.06. The average molecular weight is 506 g/mol. The molecule has 0 N–H and O–H groups in total. The number of aryl methyl sites for hydroxylation is 2. The summed E-state index contributed by atoms with van der Waals surface area (Å²) < 4.78 is 5.60. The number of hydrogen-bond acceptors (Lipinski definition) is 4. The summed E-state index contributed by atoms with van der Waals surface area (Å²) in [5.74, 6) is 0.278. The van der Waals surface area contributed by atoms with E-state index < -0.39 is 0 Å². The van der Waals surface area contributed by atoms with Crippen LogP contribution in [0, 0.1) is 0 Å². The summed E-state index contributed by atoms with van der Waals surface area (Å²) in [4.78, 5) is 19.1. The minimum atomic E-state index is -0.284. The molecule has 0 aliphatic rings. The van der Waals surface area contributed by atoms with E-state index in [1.165, 1.54) is 98.8 Å². The van der Waals surface area contributed by atoms with E-state index in [1.807, 2.05) is 42.6 Å². The van der Waals surface area contributed by atoms with Gasteiger partial charge in [0.15, 0.2) is 0 Å². The molecule has 0 saturated heterocycles. The molecule has 0 unspecified atom stereocenters. The number of unbranched alkanes of at least 4 members (excludes halogenated alkanes) is 10. The molecule has 3 aromatic rings. The molecule has 0 atom stereocenters. The summed E-state index contributed by atoms with van der Waals surface area (Å²) in [6.07, 6.45) is 19.9. The van der Waals surface area contributed by atoms with Crippen molar-refractivity contribution in [1.29, 1.82) is 0 Å². The molecule has 1 aromatic carbocycles. The molecule has 4 heteroatoms. The number of rotatable bonds is 17. The van der Waals surface area contributed by atoms with E-state index in [4.69, 9.17) is 4.74 Å². The van der Waals surface area contributed by atoms with Crippen molar-refractivity contribution in [2.24, 2.45) is 0 Å². The number of esters is 1. The quantitative estimate of drug-likeness (QED) is 0.104. The van der Waals surface area contributed by atoms with Gasteiger partial charge in [-0.2, -0.15) is 0 Å². The highest BCUT2D eigenvalue weighted by atomic mass is 32.1. The second-order valence-electron chi connectivity index (χ2n) is 9.77. The lowest BCUT2D eigenvalue weighted by molar-refractivity contribution is 0.0740. The third kappa shape index (κ3) is 9.89. The molecule has 0 aliphatic heterocycles. The van der Waals surface area contributed by atoms with Crippen molar-refractivity contribution in [2.45, 2.75) is 104 Å². The van der Waals surface area contributed by atoms with E-state index in [2.05, 4.69) is 31.0 Å². The number of aromatic nitrogens is 1. The van der Waals surface area contributed by atoms with Crippen molar-refractivity contribution < 1.29 is 9.53 Å². The molecule has 0 bridgehead atoms. The molecule has 3 nitrogen and oxygen atoms in total. The molecule has 194 valence electrons. The van der Waals surface area contributed by atoms with Crippen LogP contribution in [0.15, 0.2) is 54.7 Å². The predicted octanol–water partition coefficient (Wildman–Crippen LogP) is 9.84. The number of benzene rings is 1. The fraction of sp³-hybridized carbons (Fsp3) is 0.500. The van der Waals surface area contributed by atoms with Crippen LogP contribution >= 0.6 is 11.3 Å². The zero-order valence-corrected chi connectivity index (χ0v) is 23.1. The van der Waals surface area contributed by atoms with Gasteiger partial charge in [-0.25, -0.2) is 4.79 Å². The Morgan fingerprint density at radius 3 is 2.03 bits per heavy atom. The first-order valence-electron chi connectivity index (χ1n) is 14.1. The van der Waals surface area contributed by atoms with Crippen LogP contribution < -0.4 is 4.74 Å². The third-order valence-electron chi connectivity index (χ3n) is 6.64. The molecule has 0 aliphatic carbocycles. The van der Waals surface area contributed by atoms with Crippen molar-refractivity contribution in [3.63, 3.8) is 0 Å². The maximum Gasteiger partial charge on any atom is 0.353 e. The van der Waals surface area contributed by atoms with Crippen LogP contribution in [0.2, 0.25) is 0 Å². The molecular formula is C32H43NO2S. The normalized spacial score (nSPS) is 11.1. The minimum Gasteiger partial charge on any atom is -0.422 e. The van der Waals surface area contributed by atoms with Crippen molar-refractivity contribution in [3.05, 3.63) is 70.0 Å². The lowest BCUT2D eigenvalue weighted by atomic mass is 10.0. The topological polar surface area (TPSA) is 39.2 Å². The highest BCUT2D eigenvalue weighted by Crippen LogP contribution is 2.24. The summed E-state index contributed by atoms with van der Waals surface area (Å²) in [5, 5.41) is 0. The van der Waals surface area contributed by atoms with Crippen LogP contribution in [0.4, 0.5) is 0 Å². The van der Waals surface area contributed by atoms with Gasteiger partial charge in [-0.3, -0.25) is 4.98 Å². The van der Waals surface area contributed by atoms with Gasteiger partial charge in [0.1, 0.15) is 10.6 Å². The van der Waals surface area contributed by atoms with Crippen LogP contribution in [0.3, 0.4) is 0 Å². The van der Waals surface area contributed by atoms with E-state index in [0.717, 1.165) is 24.1 Å². The maximum absolute atomic E-state index is 12.5. The van der Waals surface area contributed by atoms with Crippen LogP contribution in [-0.4, -0.2) is 11.0 Å².